The molecule has 1 N–H and O–H groups in total. The van der Waals surface area contributed by atoms with Gasteiger partial charge in [0.1, 0.15) is 29.3 Å². The maximum atomic E-state index is 9.16. The summed E-state index contributed by atoms with van der Waals surface area (Å²) in [5, 5.41) is 9.16. The molecule has 5 heteroatoms. The number of hydrogen-bond donors (Lipinski definition) is 1. The van der Waals surface area contributed by atoms with E-state index in [1.54, 1.807) is 29.5 Å². The van der Waals surface area contributed by atoms with Gasteiger partial charge in [-0.15, -0.1) is 0 Å². The summed E-state index contributed by atoms with van der Waals surface area (Å²) in [6.07, 6.45) is 6.77. The highest BCUT2D eigenvalue weighted by Crippen LogP contribution is 2.21. The fourth-order valence-corrected chi connectivity index (χ4v) is 1.70. The van der Waals surface area contributed by atoms with Crippen molar-refractivity contribution >= 4 is 11.0 Å². The smallest absolute Gasteiger partial charge is 0.136 e. The highest BCUT2D eigenvalue weighted by atomic mass is 15.1. The third-order valence-corrected chi connectivity index (χ3v) is 2.41. The van der Waals surface area contributed by atoms with Gasteiger partial charge in [0, 0.05) is 18.6 Å². The van der Waals surface area contributed by atoms with Crippen LogP contribution in [0.2, 0.25) is 0 Å². The molecule has 0 saturated carbocycles. The number of aromatic amines is 1. The monoisotopic (exact) mass is 209 g/mol. The van der Waals surface area contributed by atoms with Crippen LogP contribution < -0.4 is 0 Å². The van der Waals surface area contributed by atoms with Crippen LogP contribution in [0, 0.1) is 11.3 Å². The molecular weight excluding hydrogens is 202 g/mol. The molecule has 5 nitrogen and oxygen atoms in total. The Bertz CT molecular complexity index is 672. The minimum atomic E-state index is 0.536. The summed E-state index contributed by atoms with van der Waals surface area (Å²) in [6.45, 7) is 0. The van der Waals surface area contributed by atoms with Crippen molar-refractivity contribution in [1.82, 2.24) is 19.5 Å². The molecule has 3 aromatic heterocycles. The second-order valence-corrected chi connectivity index (χ2v) is 3.33. The van der Waals surface area contributed by atoms with Crippen LogP contribution in [0.5, 0.6) is 0 Å². The van der Waals surface area contributed by atoms with Gasteiger partial charge in [0.05, 0.1) is 5.52 Å². The number of imidazole rings is 1. The fourth-order valence-electron chi connectivity index (χ4n) is 1.70. The Morgan fingerprint density at radius 1 is 1.38 bits per heavy atom. The molecule has 0 spiro atoms. The standard InChI is InChI=1S/C11H7N5/c12-6-8-10-9(2-1-3-14-10)15-11(8)16-5-4-13-7-16/h1-5,7,15H. The van der Waals surface area contributed by atoms with Gasteiger partial charge in [0.15, 0.2) is 0 Å². The summed E-state index contributed by atoms with van der Waals surface area (Å²) >= 11 is 0. The summed E-state index contributed by atoms with van der Waals surface area (Å²) in [5.74, 6) is 0.703. The van der Waals surface area contributed by atoms with E-state index in [0.29, 0.717) is 16.9 Å². The lowest BCUT2D eigenvalue weighted by atomic mass is 10.3. The van der Waals surface area contributed by atoms with Crippen LogP contribution in [0.25, 0.3) is 16.9 Å². The average molecular weight is 209 g/mol. The van der Waals surface area contributed by atoms with E-state index in [0.717, 1.165) is 5.52 Å². The van der Waals surface area contributed by atoms with Crippen molar-refractivity contribution in [2.75, 3.05) is 0 Å². The van der Waals surface area contributed by atoms with Gasteiger partial charge in [-0.25, -0.2) is 4.98 Å². The van der Waals surface area contributed by atoms with Gasteiger partial charge in [0.2, 0.25) is 0 Å². The SMILES string of the molecule is N#Cc1c(-n2ccnc2)[nH]c2cccnc12. The molecule has 0 bridgehead atoms. The van der Waals surface area contributed by atoms with Gasteiger partial charge in [-0.2, -0.15) is 5.26 Å². The first kappa shape index (κ1) is 8.68. The first-order valence-corrected chi connectivity index (χ1v) is 4.75. The van der Waals surface area contributed by atoms with Gasteiger partial charge >= 0.3 is 0 Å². The normalized spacial score (nSPS) is 10.4. The van der Waals surface area contributed by atoms with Crippen LogP contribution in [0.15, 0.2) is 37.1 Å². The highest BCUT2D eigenvalue weighted by molar-refractivity contribution is 5.85. The van der Waals surface area contributed by atoms with Crippen LogP contribution in [-0.2, 0) is 0 Å². The van der Waals surface area contributed by atoms with Crippen LogP contribution in [-0.4, -0.2) is 19.5 Å². The molecule has 0 saturated heterocycles. The maximum Gasteiger partial charge on any atom is 0.136 e. The van der Waals surface area contributed by atoms with Crippen molar-refractivity contribution in [2.24, 2.45) is 0 Å². The van der Waals surface area contributed by atoms with Crippen LogP contribution in [0.1, 0.15) is 5.56 Å². The minimum absolute atomic E-state index is 0.536. The maximum absolute atomic E-state index is 9.16. The summed E-state index contributed by atoms with van der Waals surface area (Å²) in [4.78, 5) is 11.3. The largest absolute Gasteiger partial charge is 0.338 e. The molecule has 16 heavy (non-hydrogen) atoms. The third-order valence-electron chi connectivity index (χ3n) is 2.41. The third kappa shape index (κ3) is 1.10. The molecular formula is C11H7N5. The Balaban J connectivity index is 2.38. The second-order valence-electron chi connectivity index (χ2n) is 3.33. The summed E-state index contributed by atoms with van der Waals surface area (Å²) in [5.41, 5.74) is 2.07. The number of nitrogens with one attached hydrogen (secondary N) is 1. The molecule has 0 aliphatic heterocycles. The van der Waals surface area contributed by atoms with E-state index in [9.17, 15) is 0 Å². The number of nitriles is 1. The number of pyridine rings is 1. The van der Waals surface area contributed by atoms with Crippen LogP contribution in [0.4, 0.5) is 0 Å². The number of nitrogens with zero attached hydrogens (tertiary/aromatic N) is 4. The second kappa shape index (κ2) is 3.21. The first-order chi connectivity index (χ1) is 7.90. The van der Waals surface area contributed by atoms with E-state index in [2.05, 4.69) is 21.0 Å². The molecule has 0 atom stereocenters. The van der Waals surface area contributed by atoms with Gasteiger partial charge < -0.3 is 4.98 Å². The highest BCUT2D eigenvalue weighted by Gasteiger charge is 2.12. The number of fused-ring (bicyclic) bond motifs is 1. The van der Waals surface area contributed by atoms with Crippen molar-refractivity contribution in [3.8, 4) is 11.9 Å². The Kier molecular flexibility index (Phi) is 1.74. The lowest BCUT2D eigenvalue weighted by Gasteiger charge is -1.96. The molecule has 0 radical (unpaired) electrons. The predicted octanol–water partition coefficient (Wildman–Crippen LogP) is 1.62. The van der Waals surface area contributed by atoms with E-state index in [1.165, 1.54) is 0 Å². The molecule has 0 aliphatic carbocycles. The van der Waals surface area contributed by atoms with E-state index >= 15 is 0 Å². The summed E-state index contributed by atoms with van der Waals surface area (Å²) in [7, 11) is 0. The molecule has 0 aromatic carbocycles. The summed E-state index contributed by atoms with van der Waals surface area (Å²) < 4.78 is 1.76. The quantitative estimate of drug-likeness (QED) is 0.662. The number of aromatic nitrogens is 4. The Morgan fingerprint density at radius 2 is 2.31 bits per heavy atom. The van der Waals surface area contributed by atoms with Crippen molar-refractivity contribution < 1.29 is 0 Å². The van der Waals surface area contributed by atoms with Crippen molar-refractivity contribution in [1.29, 1.82) is 5.26 Å². The fraction of sp³-hybridized carbons (Fsp3) is 0. The molecule has 0 unspecified atom stereocenters. The molecule has 76 valence electrons. The molecule has 0 fully saturated rings. The Hall–Kier alpha value is -2.61. The van der Waals surface area contributed by atoms with Gasteiger partial charge in [0.25, 0.3) is 0 Å². The van der Waals surface area contributed by atoms with Gasteiger partial charge in [-0.3, -0.25) is 9.55 Å². The van der Waals surface area contributed by atoms with Crippen LogP contribution in [0.3, 0.4) is 0 Å². The minimum Gasteiger partial charge on any atom is -0.338 e. The zero-order chi connectivity index (χ0) is 11.0. The Labute approximate surface area is 91.0 Å². The van der Waals surface area contributed by atoms with Gasteiger partial charge in [-0.1, -0.05) is 0 Å². The van der Waals surface area contributed by atoms with Crippen LogP contribution >= 0.6 is 0 Å². The van der Waals surface area contributed by atoms with Crippen molar-refractivity contribution in [3.63, 3.8) is 0 Å². The van der Waals surface area contributed by atoms with Crippen molar-refractivity contribution in [2.45, 2.75) is 0 Å². The number of hydrogen-bond acceptors (Lipinski definition) is 3. The summed E-state index contributed by atoms with van der Waals surface area (Å²) in [6, 6.07) is 5.89. The van der Waals surface area contributed by atoms with Crippen molar-refractivity contribution in [3.05, 3.63) is 42.6 Å². The zero-order valence-electron chi connectivity index (χ0n) is 8.25. The topological polar surface area (TPSA) is 70.3 Å². The molecule has 3 heterocycles. The average Bonchev–Trinajstić information content (AvgIpc) is 2.95. The van der Waals surface area contributed by atoms with E-state index in [-0.39, 0.29) is 0 Å². The first-order valence-electron chi connectivity index (χ1n) is 4.75. The number of rotatable bonds is 1. The van der Waals surface area contributed by atoms with Gasteiger partial charge in [-0.05, 0) is 12.1 Å². The molecule has 3 aromatic rings. The van der Waals surface area contributed by atoms with E-state index < -0.39 is 0 Å². The lowest BCUT2D eigenvalue weighted by Crippen LogP contribution is -1.92. The zero-order valence-corrected chi connectivity index (χ0v) is 8.25. The molecule has 0 amide bonds. The molecule has 3 rings (SSSR count). The lowest BCUT2D eigenvalue weighted by molar-refractivity contribution is 1.01. The van der Waals surface area contributed by atoms with E-state index in [1.807, 2.05) is 12.1 Å². The Morgan fingerprint density at radius 3 is 3.06 bits per heavy atom. The number of H-pyrrole nitrogens is 1. The van der Waals surface area contributed by atoms with E-state index in [4.69, 9.17) is 5.26 Å². The predicted molar refractivity (Wildman–Crippen MR) is 57.9 cm³/mol. The molecule has 0 aliphatic rings.